The molecule has 5 rings (SSSR count). The molecule has 4 unspecified atom stereocenters. The number of allylic oxidation sites excluding steroid dienone is 2. The van der Waals surface area contributed by atoms with Gasteiger partial charge in [-0.05, 0) is 43.7 Å². The quantitative estimate of drug-likeness (QED) is 0.112. The van der Waals surface area contributed by atoms with E-state index in [1.807, 2.05) is 6.92 Å². The number of furan rings is 1. The predicted molar refractivity (Wildman–Crippen MR) is 131 cm³/mol. The molecule has 2 aromatic heterocycles. The lowest BCUT2D eigenvalue weighted by molar-refractivity contribution is -0.140. The summed E-state index contributed by atoms with van der Waals surface area (Å²) in [7, 11) is 0. The molecule has 1 saturated heterocycles. The van der Waals surface area contributed by atoms with Crippen LogP contribution in [0.5, 0.6) is 0 Å². The number of guanidine groups is 1. The van der Waals surface area contributed by atoms with Gasteiger partial charge in [-0.1, -0.05) is 12.2 Å². The molecule has 3 aliphatic rings. The summed E-state index contributed by atoms with van der Waals surface area (Å²) >= 11 is 0. The van der Waals surface area contributed by atoms with Gasteiger partial charge in [-0.15, -0.1) is 29.1 Å². The molecule has 2 amide bonds. The molecule has 10 nitrogen and oxygen atoms in total. The molecule has 1 saturated carbocycles. The van der Waals surface area contributed by atoms with Crippen LogP contribution in [0.4, 0.5) is 0 Å². The molecule has 4 atom stereocenters. The van der Waals surface area contributed by atoms with E-state index in [2.05, 4.69) is 43.0 Å². The van der Waals surface area contributed by atoms with E-state index in [-0.39, 0.29) is 59.5 Å². The van der Waals surface area contributed by atoms with E-state index in [0.29, 0.717) is 56.0 Å². The Bertz CT molecular complexity index is 1020. The minimum Gasteiger partial charge on any atom is -0.461 e. The Balaban J connectivity index is 0.00000259. The maximum Gasteiger partial charge on any atom is 0.233 e. The minimum absolute atomic E-state index is 0. The summed E-state index contributed by atoms with van der Waals surface area (Å²) in [5.41, 5.74) is 0. The zero-order valence-corrected chi connectivity index (χ0v) is 20.7. The van der Waals surface area contributed by atoms with Gasteiger partial charge in [0.2, 0.25) is 17.6 Å². The highest BCUT2D eigenvalue weighted by Crippen LogP contribution is 2.52. The van der Waals surface area contributed by atoms with E-state index in [0.717, 1.165) is 6.42 Å². The lowest BCUT2D eigenvalue weighted by Crippen LogP contribution is -2.40. The number of aromatic nitrogens is 3. The summed E-state index contributed by atoms with van der Waals surface area (Å²) in [6.07, 6.45) is 7.43. The number of fused-ring (bicyclic) bond motifs is 5. The van der Waals surface area contributed by atoms with E-state index >= 15 is 0 Å². The Morgan fingerprint density at radius 2 is 2.00 bits per heavy atom. The van der Waals surface area contributed by atoms with Crippen LogP contribution in [0.1, 0.15) is 25.6 Å². The fraction of sp³-hybridized carbons (Fsp3) is 0.500. The van der Waals surface area contributed by atoms with Gasteiger partial charge in [0.15, 0.2) is 11.7 Å². The number of imide groups is 1. The zero-order chi connectivity index (χ0) is 22.1. The molecule has 3 N–H and O–H groups in total. The largest absolute Gasteiger partial charge is 0.461 e. The number of hydrogen-bond donors (Lipinski definition) is 3. The molecule has 0 aromatic carbocycles. The first-order chi connectivity index (χ1) is 15.7. The van der Waals surface area contributed by atoms with Gasteiger partial charge in [-0.3, -0.25) is 19.6 Å². The third-order valence-electron chi connectivity index (χ3n) is 6.42. The van der Waals surface area contributed by atoms with E-state index in [1.54, 1.807) is 18.4 Å². The van der Waals surface area contributed by atoms with E-state index in [1.165, 1.54) is 4.90 Å². The van der Waals surface area contributed by atoms with Crippen molar-refractivity contribution in [3.63, 3.8) is 0 Å². The number of likely N-dealkylation sites (tertiary alicyclic amines) is 1. The third kappa shape index (κ3) is 4.55. The van der Waals surface area contributed by atoms with Crippen LogP contribution in [0.3, 0.4) is 0 Å². The van der Waals surface area contributed by atoms with Crippen LogP contribution < -0.4 is 10.6 Å². The Morgan fingerprint density at radius 3 is 2.67 bits per heavy atom. The van der Waals surface area contributed by atoms with Gasteiger partial charge in [-0.25, -0.2) is 9.98 Å². The number of amides is 2. The van der Waals surface area contributed by atoms with Crippen LogP contribution in [-0.4, -0.2) is 57.5 Å². The monoisotopic (exact) mass is 565 g/mol. The van der Waals surface area contributed by atoms with Crippen molar-refractivity contribution < 1.29 is 14.0 Å². The lowest BCUT2D eigenvalue weighted by Gasteiger charge is -2.18. The smallest absolute Gasteiger partial charge is 0.233 e. The van der Waals surface area contributed by atoms with Crippen molar-refractivity contribution in [3.8, 4) is 11.6 Å². The number of rotatable bonds is 8. The van der Waals surface area contributed by atoms with Crippen LogP contribution in [-0.2, 0) is 16.1 Å². The van der Waals surface area contributed by atoms with Crippen molar-refractivity contribution in [2.45, 2.75) is 26.3 Å². The van der Waals surface area contributed by atoms with Crippen LogP contribution in [0.2, 0.25) is 0 Å². The molecule has 2 bridgehead atoms. The maximum atomic E-state index is 12.8. The Hall–Kier alpha value is -2.70. The zero-order valence-electron chi connectivity index (χ0n) is 18.4. The van der Waals surface area contributed by atoms with Crippen LogP contribution in [0, 0.1) is 23.7 Å². The van der Waals surface area contributed by atoms with Crippen LogP contribution in [0.15, 0.2) is 40.0 Å². The lowest BCUT2D eigenvalue weighted by atomic mass is 9.85. The highest BCUT2D eigenvalue weighted by Gasteiger charge is 2.58. The number of aromatic amines is 1. The number of halogens is 1. The SMILES string of the molecule is CCNC(=NCc1nc(-c2ccco2)n[nH]1)NCCCN1C(=O)C2C3C=CC(C3)C2C1=O.I. The number of aliphatic imine (C=N–C) groups is 1. The fourth-order valence-corrected chi connectivity index (χ4v) is 5.01. The van der Waals surface area contributed by atoms with E-state index in [4.69, 9.17) is 4.42 Å². The van der Waals surface area contributed by atoms with Gasteiger partial charge in [-0.2, -0.15) is 0 Å². The number of H-pyrrole nitrogens is 1. The van der Waals surface area contributed by atoms with Gasteiger partial charge < -0.3 is 15.1 Å². The number of hydrogen-bond acceptors (Lipinski definition) is 6. The van der Waals surface area contributed by atoms with E-state index < -0.39 is 0 Å². The molecule has 0 spiro atoms. The Morgan fingerprint density at radius 1 is 1.24 bits per heavy atom. The average molecular weight is 565 g/mol. The summed E-state index contributed by atoms with van der Waals surface area (Å²) in [6.45, 7) is 4.05. The van der Waals surface area contributed by atoms with Crippen molar-refractivity contribution in [2.75, 3.05) is 19.6 Å². The number of carbonyl (C=O) groups is 2. The molecule has 1 aliphatic heterocycles. The van der Waals surface area contributed by atoms with Crippen LogP contribution >= 0.6 is 24.0 Å². The van der Waals surface area contributed by atoms with Crippen LogP contribution in [0.25, 0.3) is 11.6 Å². The topological polar surface area (TPSA) is 129 Å². The third-order valence-corrected chi connectivity index (χ3v) is 6.42. The van der Waals surface area contributed by atoms with Crippen molar-refractivity contribution in [2.24, 2.45) is 28.7 Å². The summed E-state index contributed by atoms with van der Waals surface area (Å²) in [5.74, 6) is 2.62. The molecular weight excluding hydrogens is 537 g/mol. The average Bonchev–Trinajstić information content (AvgIpc) is 3.60. The Labute approximate surface area is 208 Å². The molecule has 2 fully saturated rings. The molecule has 33 heavy (non-hydrogen) atoms. The van der Waals surface area contributed by atoms with Crippen molar-refractivity contribution >= 4 is 41.8 Å². The molecule has 176 valence electrons. The number of carbonyl (C=O) groups excluding carboxylic acids is 2. The molecule has 2 aliphatic carbocycles. The standard InChI is InChI=1S/C22H27N7O3.HI/c1-2-23-22(25-12-16-26-19(28-27-16)15-5-3-10-32-15)24-8-4-9-29-20(30)17-13-6-7-14(11-13)18(17)21(29)31;/h3,5-7,10,13-14,17-18H,2,4,8-9,11-12H2,1H3,(H2,23,24,25)(H,26,27,28);1H. The molecule has 2 aromatic rings. The van der Waals surface area contributed by atoms with Gasteiger partial charge in [0.1, 0.15) is 12.4 Å². The maximum absolute atomic E-state index is 12.8. The number of nitrogens with one attached hydrogen (secondary N) is 3. The van der Waals surface area contributed by atoms with E-state index in [9.17, 15) is 9.59 Å². The molecular formula is C22H28IN7O3. The van der Waals surface area contributed by atoms with Gasteiger partial charge in [0, 0.05) is 19.6 Å². The normalized spacial score (nSPS) is 25.5. The highest BCUT2D eigenvalue weighted by molar-refractivity contribution is 14.0. The van der Waals surface area contributed by atoms with Crippen molar-refractivity contribution in [1.29, 1.82) is 0 Å². The summed E-state index contributed by atoms with van der Waals surface area (Å²) < 4.78 is 5.30. The second-order valence-corrected chi connectivity index (χ2v) is 8.39. The summed E-state index contributed by atoms with van der Waals surface area (Å²) in [5, 5.41) is 13.5. The molecule has 11 heteroatoms. The highest BCUT2D eigenvalue weighted by atomic mass is 127. The first-order valence-corrected chi connectivity index (χ1v) is 11.2. The first kappa shape index (κ1) is 23.5. The molecule has 0 radical (unpaired) electrons. The fourth-order valence-electron chi connectivity index (χ4n) is 5.01. The number of nitrogens with zero attached hydrogens (tertiary/aromatic N) is 4. The summed E-state index contributed by atoms with van der Waals surface area (Å²) in [4.78, 5) is 35.9. The van der Waals surface area contributed by atoms with Gasteiger partial charge in [0.05, 0.1) is 18.1 Å². The Kier molecular flexibility index (Phi) is 7.15. The van der Waals surface area contributed by atoms with Gasteiger partial charge >= 0.3 is 0 Å². The minimum atomic E-state index is -0.127. The van der Waals surface area contributed by atoms with Gasteiger partial charge in [0.25, 0.3) is 0 Å². The summed E-state index contributed by atoms with van der Waals surface area (Å²) in [6, 6.07) is 3.58. The first-order valence-electron chi connectivity index (χ1n) is 11.2. The second kappa shape index (κ2) is 10.1. The van der Waals surface area contributed by atoms with Crippen molar-refractivity contribution in [3.05, 3.63) is 36.4 Å². The second-order valence-electron chi connectivity index (χ2n) is 8.39. The molecule has 3 heterocycles. The van der Waals surface area contributed by atoms with Crippen molar-refractivity contribution in [1.82, 2.24) is 30.7 Å². The predicted octanol–water partition coefficient (Wildman–Crippen LogP) is 1.94.